The van der Waals surface area contributed by atoms with Gasteiger partial charge < -0.3 is 9.42 Å². The van der Waals surface area contributed by atoms with Crippen molar-refractivity contribution >= 4 is 16.5 Å². The topological polar surface area (TPSA) is 55.1 Å². The minimum absolute atomic E-state index is 0.136. The molecule has 1 fully saturated rings. The minimum Gasteiger partial charge on any atom is -0.337 e. The molecular weight excluding hydrogens is 296 g/mol. The van der Waals surface area contributed by atoms with Gasteiger partial charge in [0, 0.05) is 23.7 Å². The van der Waals surface area contributed by atoms with Crippen LogP contribution in [-0.4, -0.2) is 21.7 Å². The van der Waals surface area contributed by atoms with Gasteiger partial charge in [-0.3, -0.25) is 0 Å². The fourth-order valence-electron chi connectivity index (χ4n) is 2.88. The third-order valence-electron chi connectivity index (χ3n) is 3.92. The van der Waals surface area contributed by atoms with Gasteiger partial charge in [0.25, 0.3) is 0 Å². The highest BCUT2D eigenvalue weighted by molar-refractivity contribution is 7.13. The Labute approximate surface area is 132 Å². The zero-order valence-corrected chi connectivity index (χ0v) is 13.1. The number of thiazole rings is 1. The molecule has 0 aliphatic carbocycles. The summed E-state index contributed by atoms with van der Waals surface area (Å²) in [5, 5.41) is 7.18. The van der Waals surface area contributed by atoms with Crippen molar-refractivity contribution in [1.82, 2.24) is 15.1 Å². The van der Waals surface area contributed by atoms with E-state index < -0.39 is 0 Å². The average Bonchev–Trinajstić information content (AvgIpc) is 3.27. The highest BCUT2D eigenvalue weighted by atomic mass is 32.1. The van der Waals surface area contributed by atoms with Crippen LogP contribution in [0.4, 0.5) is 5.13 Å². The molecule has 1 saturated heterocycles. The quantitative estimate of drug-likeness (QED) is 0.735. The number of nitrogens with zero attached hydrogens (tertiary/aromatic N) is 4. The molecule has 0 saturated carbocycles. The van der Waals surface area contributed by atoms with Gasteiger partial charge in [-0.1, -0.05) is 28.9 Å². The summed E-state index contributed by atoms with van der Waals surface area (Å²) < 4.78 is 5.55. The summed E-state index contributed by atoms with van der Waals surface area (Å²) in [4.78, 5) is 11.3. The lowest BCUT2D eigenvalue weighted by atomic mass is 10.1. The minimum atomic E-state index is 0.136. The van der Waals surface area contributed by atoms with E-state index in [9.17, 15) is 0 Å². The van der Waals surface area contributed by atoms with Gasteiger partial charge >= 0.3 is 0 Å². The molecule has 0 amide bonds. The first-order valence-electron chi connectivity index (χ1n) is 7.38. The van der Waals surface area contributed by atoms with Gasteiger partial charge in [-0.05, 0) is 25.8 Å². The summed E-state index contributed by atoms with van der Waals surface area (Å²) in [6.07, 6.45) is 3.98. The molecule has 0 spiro atoms. The van der Waals surface area contributed by atoms with E-state index in [1.165, 1.54) is 5.56 Å². The van der Waals surface area contributed by atoms with Gasteiger partial charge in [-0.2, -0.15) is 4.98 Å². The molecule has 1 aliphatic heterocycles. The summed E-state index contributed by atoms with van der Waals surface area (Å²) in [6.45, 7) is 3.05. The van der Waals surface area contributed by atoms with Gasteiger partial charge in [0.2, 0.25) is 11.7 Å². The molecule has 1 atom stereocenters. The van der Waals surface area contributed by atoms with Crippen LogP contribution in [0, 0.1) is 6.92 Å². The largest absolute Gasteiger partial charge is 0.337 e. The van der Waals surface area contributed by atoms with Crippen LogP contribution in [0.25, 0.3) is 11.4 Å². The highest BCUT2D eigenvalue weighted by Crippen LogP contribution is 2.36. The summed E-state index contributed by atoms with van der Waals surface area (Å²) >= 11 is 1.65. The molecule has 6 heteroatoms. The van der Waals surface area contributed by atoms with Gasteiger partial charge in [-0.15, -0.1) is 11.3 Å². The number of aromatic nitrogens is 3. The Hall–Kier alpha value is -2.21. The Bertz CT molecular complexity index is 768. The highest BCUT2D eigenvalue weighted by Gasteiger charge is 2.32. The molecule has 4 rings (SSSR count). The smallest absolute Gasteiger partial charge is 0.249 e. The maximum absolute atomic E-state index is 5.55. The van der Waals surface area contributed by atoms with Crippen molar-refractivity contribution in [2.75, 3.05) is 11.4 Å². The molecular formula is C16H16N4OS. The van der Waals surface area contributed by atoms with E-state index in [2.05, 4.69) is 39.1 Å². The molecule has 112 valence electrons. The lowest BCUT2D eigenvalue weighted by molar-refractivity contribution is 0.355. The summed E-state index contributed by atoms with van der Waals surface area (Å²) in [7, 11) is 0. The molecule has 0 radical (unpaired) electrons. The SMILES string of the molecule is Cc1cccc(-c2noc(C3CCCN3c3nccs3)n2)c1. The van der Waals surface area contributed by atoms with Crippen LogP contribution in [0.3, 0.4) is 0 Å². The lowest BCUT2D eigenvalue weighted by Gasteiger charge is -2.20. The van der Waals surface area contributed by atoms with Crippen LogP contribution < -0.4 is 4.90 Å². The van der Waals surface area contributed by atoms with Gasteiger partial charge in [0.05, 0.1) is 0 Å². The van der Waals surface area contributed by atoms with E-state index in [1.807, 2.05) is 23.7 Å². The predicted molar refractivity (Wildman–Crippen MR) is 85.9 cm³/mol. The van der Waals surface area contributed by atoms with Crippen LogP contribution in [0.5, 0.6) is 0 Å². The van der Waals surface area contributed by atoms with Gasteiger partial charge in [0.15, 0.2) is 5.13 Å². The van der Waals surface area contributed by atoms with Crippen LogP contribution in [0.15, 0.2) is 40.4 Å². The van der Waals surface area contributed by atoms with E-state index in [4.69, 9.17) is 4.52 Å². The molecule has 3 aromatic rings. The number of benzene rings is 1. The fourth-order valence-corrected chi connectivity index (χ4v) is 3.60. The van der Waals surface area contributed by atoms with Crippen molar-refractivity contribution in [3.05, 3.63) is 47.3 Å². The Morgan fingerprint density at radius 3 is 3.14 bits per heavy atom. The number of rotatable bonds is 3. The van der Waals surface area contributed by atoms with Crippen molar-refractivity contribution in [3.8, 4) is 11.4 Å². The summed E-state index contributed by atoms with van der Waals surface area (Å²) in [5.74, 6) is 1.34. The van der Waals surface area contributed by atoms with Crippen LogP contribution >= 0.6 is 11.3 Å². The van der Waals surface area contributed by atoms with Gasteiger partial charge in [0.1, 0.15) is 6.04 Å². The van der Waals surface area contributed by atoms with Crippen molar-refractivity contribution in [3.63, 3.8) is 0 Å². The normalized spacial score (nSPS) is 18.0. The molecule has 5 nitrogen and oxygen atoms in total. The first-order chi connectivity index (χ1) is 10.8. The first-order valence-corrected chi connectivity index (χ1v) is 8.26. The van der Waals surface area contributed by atoms with E-state index >= 15 is 0 Å². The lowest BCUT2D eigenvalue weighted by Crippen LogP contribution is -2.22. The zero-order chi connectivity index (χ0) is 14.9. The number of hydrogen-bond acceptors (Lipinski definition) is 6. The molecule has 22 heavy (non-hydrogen) atoms. The Balaban J connectivity index is 1.64. The fraction of sp³-hybridized carbons (Fsp3) is 0.312. The second-order valence-electron chi connectivity index (χ2n) is 5.49. The summed E-state index contributed by atoms with van der Waals surface area (Å²) in [6, 6.07) is 8.29. The second-order valence-corrected chi connectivity index (χ2v) is 6.36. The van der Waals surface area contributed by atoms with Crippen LogP contribution in [0.1, 0.15) is 30.3 Å². The zero-order valence-electron chi connectivity index (χ0n) is 12.3. The molecule has 3 heterocycles. The number of hydrogen-bond donors (Lipinski definition) is 0. The van der Waals surface area contributed by atoms with E-state index in [1.54, 1.807) is 11.3 Å². The van der Waals surface area contributed by atoms with E-state index in [-0.39, 0.29) is 6.04 Å². The number of anilines is 1. The Morgan fingerprint density at radius 1 is 1.36 bits per heavy atom. The van der Waals surface area contributed by atoms with Gasteiger partial charge in [-0.25, -0.2) is 4.98 Å². The maximum atomic E-state index is 5.55. The third kappa shape index (κ3) is 2.39. The standard InChI is InChI=1S/C16H16N4OS/c1-11-4-2-5-12(10-11)14-18-15(21-19-14)13-6-3-8-20(13)16-17-7-9-22-16/h2,4-5,7,9-10,13H,3,6,8H2,1H3. The Kier molecular flexibility index (Phi) is 3.38. The molecule has 1 unspecified atom stereocenters. The molecule has 1 aliphatic rings. The summed E-state index contributed by atoms with van der Waals surface area (Å²) in [5.41, 5.74) is 2.18. The molecule has 0 N–H and O–H groups in total. The van der Waals surface area contributed by atoms with Crippen LogP contribution in [-0.2, 0) is 0 Å². The van der Waals surface area contributed by atoms with Crippen LogP contribution in [0.2, 0.25) is 0 Å². The van der Waals surface area contributed by atoms with E-state index in [0.717, 1.165) is 30.1 Å². The maximum Gasteiger partial charge on any atom is 0.249 e. The average molecular weight is 312 g/mol. The predicted octanol–water partition coefficient (Wildman–Crippen LogP) is 3.84. The van der Waals surface area contributed by atoms with Crippen molar-refractivity contribution in [1.29, 1.82) is 0 Å². The van der Waals surface area contributed by atoms with Crippen molar-refractivity contribution in [2.45, 2.75) is 25.8 Å². The first kappa shape index (κ1) is 13.5. The van der Waals surface area contributed by atoms with Crippen molar-refractivity contribution < 1.29 is 4.52 Å². The molecule has 2 aromatic heterocycles. The number of aryl methyl sites for hydroxylation is 1. The third-order valence-corrected chi connectivity index (χ3v) is 4.73. The van der Waals surface area contributed by atoms with Crippen molar-refractivity contribution in [2.24, 2.45) is 0 Å². The second kappa shape index (κ2) is 5.53. The van der Waals surface area contributed by atoms with E-state index in [0.29, 0.717) is 11.7 Å². The Morgan fingerprint density at radius 2 is 2.32 bits per heavy atom. The molecule has 1 aromatic carbocycles. The molecule has 0 bridgehead atoms. The monoisotopic (exact) mass is 312 g/mol.